The highest BCUT2D eigenvalue weighted by molar-refractivity contribution is 5.93. The van der Waals surface area contributed by atoms with Gasteiger partial charge in [-0.1, -0.05) is 18.7 Å². The van der Waals surface area contributed by atoms with Gasteiger partial charge >= 0.3 is 6.36 Å². The number of rotatable bonds is 5. The second-order valence-electron chi connectivity index (χ2n) is 6.27. The van der Waals surface area contributed by atoms with E-state index in [0.29, 0.717) is 18.0 Å². The summed E-state index contributed by atoms with van der Waals surface area (Å²) < 4.78 is 40.4. The number of hydrogen-bond donors (Lipinski definition) is 0. The van der Waals surface area contributed by atoms with E-state index in [2.05, 4.69) is 21.3 Å². The van der Waals surface area contributed by atoms with Gasteiger partial charge in [-0.25, -0.2) is 4.99 Å². The standard InChI is InChI=1S/C19H22F3N3O2/c1-14(11-15-3-5-17(6-4-15)27-19(20,21)22)12-24-18(23-2)25-9-7-16(13-26)8-10-25/h3-6,12-13,16H,1,7-11H2,2H3/b23-18?,24-12-. The summed E-state index contributed by atoms with van der Waals surface area (Å²) in [4.78, 5) is 21.4. The van der Waals surface area contributed by atoms with Gasteiger partial charge in [0.05, 0.1) is 0 Å². The number of halogens is 3. The third-order valence-corrected chi connectivity index (χ3v) is 4.17. The minimum atomic E-state index is -4.70. The SMILES string of the molecule is C=C(/C=N\C(=NC)N1CCC(C=O)CC1)Cc1ccc(OC(F)(F)F)cc1. The molecule has 27 heavy (non-hydrogen) atoms. The molecule has 0 saturated carbocycles. The number of carbonyl (C=O) groups excluding carboxylic acids is 1. The van der Waals surface area contributed by atoms with Crippen molar-refractivity contribution in [2.75, 3.05) is 20.1 Å². The fourth-order valence-electron chi connectivity index (χ4n) is 2.78. The van der Waals surface area contributed by atoms with E-state index in [9.17, 15) is 18.0 Å². The lowest BCUT2D eigenvalue weighted by Crippen LogP contribution is -2.38. The van der Waals surface area contributed by atoms with E-state index < -0.39 is 6.36 Å². The maximum absolute atomic E-state index is 12.2. The van der Waals surface area contributed by atoms with E-state index >= 15 is 0 Å². The first kappa shape index (κ1) is 20.7. The summed E-state index contributed by atoms with van der Waals surface area (Å²) in [6, 6.07) is 5.64. The minimum absolute atomic E-state index is 0.0996. The predicted molar refractivity (Wildman–Crippen MR) is 98.2 cm³/mol. The molecule has 1 saturated heterocycles. The molecule has 1 heterocycles. The van der Waals surface area contributed by atoms with Crippen LogP contribution in [0.4, 0.5) is 13.2 Å². The molecule has 0 aromatic heterocycles. The summed E-state index contributed by atoms with van der Waals surface area (Å²) in [6.07, 6.45) is -0.0883. The van der Waals surface area contributed by atoms with E-state index in [1.807, 2.05) is 4.90 Å². The van der Waals surface area contributed by atoms with Crippen LogP contribution in [0.3, 0.4) is 0 Å². The van der Waals surface area contributed by atoms with Crippen molar-refractivity contribution in [3.05, 3.63) is 42.0 Å². The van der Waals surface area contributed by atoms with Crippen LogP contribution in [0.15, 0.2) is 46.4 Å². The molecule has 0 spiro atoms. The predicted octanol–water partition coefficient (Wildman–Crippen LogP) is 3.65. The van der Waals surface area contributed by atoms with Crippen LogP contribution in [0, 0.1) is 5.92 Å². The molecule has 1 aliphatic heterocycles. The zero-order valence-electron chi connectivity index (χ0n) is 15.1. The largest absolute Gasteiger partial charge is 0.573 e. The van der Waals surface area contributed by atoms with Gasteiger partial charge in [0, 0.05) is 32.3 Å². The van der Waals surface area contributed by atoms with Crippen LogP contribution < -0.4 is 4.74 Å². The zero-order valence-corrected chi connectivity index (χ0v) is 15.1. The number of ether oxygens (including phenoxy) is 1. The average molecular weight is 381 g/mol. The molecule has 0 radical (unpaired) electrons. The smallest absolute Gasteiger partial charge is 0.406 e. The van der Waals surface area contributed by atoms with Gasteiger partial charge in [-0.2, -0.15) is 0 Å². The summed E-state index contributed by atoms with van der Waals surface area (Å²) in [5.41, 5.74) is 1.49. The van der Waals surface area contributed by atoms with Crippen molar-refractivity contribution in [2.45, 2.75) is 25.6 Å². The maximum atomic E-state index is 12.2. The van der Waals surface area contributed by atoms with Crippen molar-refractivity contribution >= 4 is 18.5 Å². The number of piperidine rings is 1. The summed E-state index contributed by atoms with van der Waals surface area (Å²) in [5.74, 6) is 0.418. The molecular weight excluding hydrogens is 359 g/mol. The van der Waals surface area contributed by atoms with Gasteiger partial charge in [-0.05, 0) is 42.5 Å². The van der Waals surface area contributed by atoms with Crippen molar-refractivity contribution in [3.8, 4) is 5.75 Å². The molecule has 1 aromatic rings. The molecule has 1 aliphatic rings. The summed E-state index contributed by atoms with van der Waals surface area (Å²) in [5, 5.41) is 0. The molecule has 1 fully saturated rings. The number of carbonyl (C=O) groups is 1. The lowest BCUT2D eigenvalue weighted by Gasteiger charge is -2.30. The number of benzene rings is 1. The molecular formula is C19H22F3N3O2. The van der Waals surface area contributed by atoms with Gasteiger partial charge in [0.25, 0.3) is 0 Å². The summed E-state index contributed by atoms with van der Waals surface area (Å²) in [6.45, 7) is 5.37. The Hall–Kier alpha value is -2.64. The molecule has 146 valence electrons. The molecule has 0 atom stereocenters. The third kappa shape index (κ3) is 6.88. The number of hydrogen-bond acceptors (Lipinski definition) is 3. The minimum Gasteiger partial charge on any atom is -0.406 e. The molecule has 8 heteroatoms. The Kier molecular flexibility index (Phi) is 7.15. The Morgan fingerprint density at radius 1 is 1.30 bits per heavy atom. The number of likely N-dealkylation sites (tertiary alicyclic amines) is 1. The van der Waals surface area contributed by atoms with Crippen molar-refractivity contribution < 1.29 is 22.7 Å². The Labute approximate surface area is 156 Å². The molecule has 1 aromatic carbocycles. The van der Waals surface area contributed by atoms with Crippen molar-refractivity contribution in [1.82, 2.24) is 4.90 Å². The zero-order chi connectivity index (χ0) is 19.9. The number of alkyl halides is 3. The molecule has 5 nitrogen and oxygen atoms in total. The van der Waals surface area contributed by atoms with Gasteiger partial charge < -0.3 is 14.4 Å². The first-order valence-corrected chi connectivity index (χ1v) is 8.54. The Morgan fingerprint density at radius 3 is 2.44 bits per heavy atom. The first-order chi connectivity index (χ1) is 12.8. The molecule has 2 rings (SSSR count). The van der Waals surface area contributed by atoms with Crippen molar-refractivity contribution in [3.63, 3.8) is 0 Å². The van der Waals surface area contributed by atoms with E-state index in [1.54, 1.807) is 25.4 Å². The summed E-state index contributed by atoms with van der Waals surface area (Å²) >= 11 is 0. The topological polar surface area (TPSA) is 54.3 Å². The number of nitrogens with zero attached hydrogens (tertiary/aromatic N) is 3. The van der Waals surface area contributed by atoms with Crippen LogP contribution in [-0.2, 0) is 11.2 Å². The lowest BCUT2D eigenvalue weighted by molar-refractivity contribution is -0.274. The molecule has 0 amide bonds. The number of aliphatic imine (C=N–C) groups is 2. The fourth-order valence-corrected chi connectivity index (χ4v) is 2.78. The molecule has 0 bridgehead atoms. The average Bonchev–Trinajstić information content (AvgIpc) is 2.63. The maximum Gasteiger partial charge on any atom is 0.573 e. The quantitative estimate of drug-likeness (QED) is 0.444. The van der Waals surface area contributed by atoms with Gasteiger partial charge in [0.2, 0.25) is 5.96 Å². The second-order valence-corrected chi connectivity index (χ2v) is 6.27. The van der Waals surface area contributed by atoms with Gasteiger partial charge in [-0.15, -0.1) is 13.2 Å². The number of aldehydes is 1. The number of guanidine groups is 1. The van der Waals surface area contributed by atoms with Crippen LogP contribution in [-0.4, -0.2) is 49.9 Å². The van der Waals surface area contributed by atoms with Gasteiger partial charge in [-0.3, -0.25) is 4.99 Å². The van der Waals surface area contributed by atoms with Crippen LogP contribution >= 0.6 is 0 Å². The first-order valence-electron chi connectivity index (χ1n) is 8.54. The Balaban J connectivity index is 1.89. The lowest BCUT2D eigenvalue weighted by atomic mass is 9.99. The van der Waals surface area contributed by atoms with E-state index in [-0.39, 0.29) is 11.7 Å². The molecule has 0 unspecified atom stereocenters. The monoisotopic (exact) mass is 381 g/mol. The van der Waals surface area contributed by atoms with Crippen molar-refractivity contribution in [2.24, 2.45) is 15.9 Å². The fraction of sp³-hybridized carbons (Fsp3) is 0.421. The van der Waals surface area contributed by atoms with E-state index in [0.717, 1.165) is 37.8 Å². The third-order valence-electron chi connectivity index (χ3n) is 4.17. The summed E-state index contributed by atoms with van der Waals surface area (Å²) in [7, 11) is 1.65. The highest BCUT2D eigenvalue weighted by Crippen LogP contribution is 2.23. The Bertz CT molecular complexity index is 704. The van der Waals surface area contributed by atoms with Gasteiger partial charge in [0.15, 0.2) is 0 Å². The van der Waals surface area contributed by atoms with E-state index in [4.69, 9.17) is 0 Å². The van der Waals surface area contributed by atoms with Crippen LogP contribution in [0.1, 0.15) is 18.4 Å². The van der Waals surface area contributed by atoms with Crippen molar-refractivity contribution in [1.29, 1.82) is 0 Å². The Morgan fingerprint density at radius 2 is 1.93 bits per heavy atom. The van der Waals surface area contributed by atoms with Gasteiger partial charge in [0.1, 0.15) is 12.0 Å². The normalized spacial score (nSPS) is 16.6. The molecule has 0 aliphatic carbocycles. The number of allylic oxidation sites excluding steroid dienone is 1. The van der Waals surface area contributed by atoms with Crippen LogP contribution in [0.25, 0.3) is 0 Å². The molecule has 0 N–H and O–H groups in total. The van der Waals surface area contributed by atoms with Crippen LogP contribution in [0.2, 0.25) is 0 Å². The van der Waals surface area contributed by atoms with E-state index in [1.165, 1.54) is 12.1 Å². The second kappa shape index (κ2) is 9.34. The highest BCUT2D eigenvalue weighted by Gasteiger charge is 2.30. The highest BCUT2D eigenvalue weighted by atomic mass is 19.4. The van der Waals surface area contributed by atoms with Crippen LogP contribution in [0.5, 0.6) is 5.75 Å².